The minimum absolute atomic E-state index is 0.178. The lowest BCUT2D eigenvalue weighted by atomic mass is 9.84. The second-order valence-electron chi connectivity index (χ2n) is 17.4. The van der Waals surface area contributed by atoms with E-state index in [1.54, 1.807) is 0 Å². The van der Waals surface area contributed by atoms with E-state index in [2.05, 4.69) is 193 Å². The molecule has 0 N–H and O–H groups in total. The van der Waals surface area contributed by atoms with Crippen LogP contribution in [0.3, 0.4) is 0 Å². The highest BCUT2D eigenvalue weighted by atomic mass is 16.3. The van der Waals surface area contributed by atoms with Gasteiger partial charge in [0.05, 0.1) is 11.0 Å². The average molecular weight is 775 g/mol. The van der Waals surface area contributed by atoms with Crippen LogP contribution in [0.5, 0.6) is 0 Å². The molecule has 0 amide bonds. The van der Waals surface area contributed by atoms with Crippen LogP contribution in [-0.4, -0.2) is 9.13 Å². The first-order valence-electron chi connectivity index (χ1n) is 21.4. The number of furan rings is 2. The molecule has 4 heterocycles. The highest BCUT2D eigenvalue weighted by Crippen LogP contribution is 2.48. The molecular weight excluding hydrogens is 733 g/mol. The van der Waals surface area contributed by atoms with Gasteiger partial charge in [-0.15, -0.1) is 0 Å². The van der Waals surface area contributed by atoms with Crippen molar-refractivity contribution in [2.24, 2.45) is 5.92 Å². The van der Waals surface area contributed by atoms with Gasteiger partial charge in [-0.3, -0.25) is 0 Å². The maximum atomic E-state index is 6.93. The van der Waals surface area contributed by atoms with E-state index in [9.17, 15) is 0 Å². The zero-order valence-corrected chi connectivity index (χ0v) is 33.7. The molecule has 0 bridgehead atoms. The molecule has 0 radical (unpaired) electrons. The van der Waals surface area contributed by atoms with Crippen molar-refractivity contribution in [2.75, 3.05) is 0 Å². The Labute approximate surface area is 347 Å². The quantitative estimate of drug-likeness (QED) is 0.179. The lowest BCUT2D eigenvalue weighted by molar-refractivity contribution is 0.318. The second-order valence-corrected chi connectivity index (χ2v) is 17.4. The van der Waals surface area contributed by atoms with Crippen molar-refractivity contribution in [1.82, 2.24) is 9.13 Å². The van der Waals surface area contributed by atoms with Crippen molar-refractivity contribution in [2.45, 2.75) is 44.6 Å². The minimum atomic E-state index is -0.360. The molecule has 13 rings (SSSR count). The van der Waals surface area contributed by atoms with Crippen LogP contribution < -0.4 is 0 Å². The maximum absolute atomic E-state index is 6.93. The number of aromatic nitrogens is 2. The van der Waals surface area contributed by atoms with Gasteiger partial charge in [0.15, 0.2) is 0 Å². The van der Waals surface area contributed by atoms with Gasteiger partial charge in [0.2, 0.25) is 0 Å². The maximum Gasteiger partial charge on any atom is 0.139 e. The van der Waals surface area contributed by atoms with E-state index in [0.717, 1.165) is 69.1 Å². The fourth-order valence-electron chi connectivity index (χ4n) is 11.0. The van der Waals surface area contributed by atoms with Crippen LogP contribution in [0.25, 0.3) is 94.6 Å². The third-order valence-electron chi connectivity index (χ3n) is 13.8. The lowest BCUT2D eigenvalue weighted by Crippen LogP contribution is -2.34. The molecule has 288 valence electrons. The molecule has 0 spiro atoms. The summed E-state index contributed by atoms with van der Waals surface area (Å²) in [6, 6.07) is 46.4. The lowest BCUT2D eigenvalue weighted by Gasteiger charge is -2.35. The molecule has 3 atom stereocenters. The zero-order valence-electron chi connectivity index (χ0n) is 33.7. The van der Waals surface area contributed by atoms with Crippen molar-refractivity contribution < 1.29 is 8.83 Å². The molecule has 10 aromatic rings. The fourth-order valence-corrected chi connectivity index (χ4v) is 11.0. The number of nitrogens with zero attached hydrogens (tertiary/aromatic N) is 2. The monoisotopic (exact) mass is 774 g/mol. The van der Waals surface area contributed by atoms with Gasteiger partial charge in [-0.1, -0.05) is 128 Å². The van der Waals surface area contributed by atoms with Gasteiger partial charge in [0, 0.05) is 71.8 Å². The summed E-state index contributed by atoms with van der Waals surface area (Å²) in [6.07, 6.45) is 18.9. The molecule has 0 saturated heterocycles. The number of rotatable bonds is 4. The van der Waals surface area contributed by atoms with E-state index in [0.29, 0.717) is 5.92 Å². The average Bonchev–Trinajstić information content (AvgIpc) is 4.04. The zero-order chi connectivity index (χ0) is 39.7. The van der Waals surface area contributed by atoms with E-state index in [4.69, 9.17) is 8.83 Å². The smallest absolute Gasteiger partial charge is 0.139 e. The molecular formula is C56H42N2O2. The van der Waals surface area contributed by atoms with Crippen LogP contribution >= 0.6 is 0 Å². The minimum Gasteiger partial charge on any atom is -0.458 e. The van der Waals surface area contributed by atoms with E-state index in [1.165, 1.54) is 60.8 Å². The predicted molar refractivity (Wildman–Crippen MR) is 249 cm³/mol. The first-order chi connectivity index (χ1) is 29.5. The van der Waals surface area contributed by atoms with Crippen LogP contribution in [-0.2, 0) is 12.0 Å². The second kappa shape index (κ2) is 12.5. The number of para-hydroxylation sites is 4. The summed E-state index contributed by atoms with van der Waals surface area (Å²) in [4.78, 5) is 0. The highest BCUT2D eigenvalue weighted by Gasteiger charge is 2.40. The largest absolute Gasteiger partial charge is 0.458 e. The van der Waals surface area contributed by atoms with E-state index < -0.39 is 0 Å². The number of hydrogen-bond acceptors (Lipinski definition) is 2. The summed E-state index contributed by atoms with van der Waals surface area (Å²) in [5.74, 6) is 1.71. The van der Waals surface area contributed by atoms with Crippen molar-refractivity contribution in [3.8, 4) is 11.1 Å². The third kappa shape index (κ3) is 4.73. The summed E-state index contributed by atoms with van der Waals surface area (Å²) >= 11 is 0. The summed E-state index contributed by atoms with van der Waals surface area (Å²) < 4.78 is 18.7. The normalized spacial score (nSPS) is 19.9. The van der Waals surface area contributed by atoms with Gasteiger partial charge in [-0.2, -0.15) is 0 Å². The highest BCUT2D eigenvalue weighted by molar-refractivity contribution is 6.11. The summed E-state index contributed by atoms with van der Waals surface area (Å²) in [6.45, 7) is 4.68. The van der Waals surface area contributed by atoms with Crippen LogP contribution in [0.4, 0.5) is 0 Å². The molecule has 4 nitrogen and oxygen atoms in total. The third-order valence-corrected chi connectivity index (χ3v) is 13.8. The molecule has 3 aliphatic carbocycles. The summed E-state index contributed by atoms with van der Waals surface area (Å²) in [5, 5.41) is 7.33. The first-order valence-corrected chi connectivity index (χ1v) is 21.4. The van der Waals surface area contributed by atoms with Crippen molar-refractivity contribution in [3.05, 3.63) is 186 Å². The molecule has 4 aromatic heterocycles. The Morgan fingerprint density at radius 1 is 0.600 bits per heavy atom. The van der Waals surface area contributed by atoms with Gasteiger partial charge >= 0.3 is 0 Å². The fraction of sp³-hybridized carbons (Fsp3) is 0.143. The molecule has 3 aliphatic rings. The van der Waals surface area contributed by atoms with Gasteiger partial charge in [0.25, 0.3) is 0 Å². The Balaban J connectivity index is 0.878. The number of benzene rings is 6. The van der Waals surface area contributed by atoms with Gasteiger partial charge in [-0.25, -0.2) is 0 Å². The topological polar surface area (TPSA) is 36.1 Å². The van der Waals surface area contributed by atoms with Crippen molar-refractivity contribution >= 4 is 83.5 Å². The van der Waals surface area contributed by atoms with Crippen LogP contribution in [0.2, 0.25) is 0 Å². The Kier molecular flexibility index (Phi) is 7.05. The molecule has 0 saturated carbocycles. The number of hydrogen-bond donors (Lipinski definition) is 0. The van der Waals surface area contributed by atoms with E-state index >= 15 is 0 Å². The molecule has 6 aromatic carbocycles. The Bertz CT molecular complexity index is 3520. The standard InChI is InChI=1S/C56H42N2O2/c1-34-23-26-43-42-16-5-8-22-50(42)58(51(43)30-34)56(2)29-11-19-45-47-33-36(25-28-53(47)60-55(45)56)35-24-27-52-46(32-35)44-18-10-17-39(54(44)59-52)37-12-9-13-38(31-37)57-48-20-6-3-14-40(48)41-15-4-7-21-49(41)57/h3-28,32-34,37H,29-31H2,1-2H3. The van der Waals surface area contributed by atoms with Gasteiger partial charge in [-0.05, 0) is 91.8 Å². The first kappa shape index (κ1) is 33.9. The van der Waals surface area contributed by atoms with E-state index in [1.807, 2.05) is 0 Å². The van der Waals surface area contributed by atoms with Crippen molar-refractivity contribution in [3.63, 3.8) is 0 Å². The summed E-state index contributed by atoms with van der Waals surface area (Å²) in [5.41, 5.74) is 15.0. The molecule has 0 aliphatic heterocycles. The predicted octanol–water partition coefficient (Wildman–Crippen LogP) is 15.0. The Hall–Kier alpha value is -7.04. The molecule has 3 unspecified atom stereocenters. The summed E-state index contributed by atoms with van der Waals surface area (Å²) in [7, 11) is 0. The van der Waals surface area contributed by atoms with Gasteiger partial charge in [0.1, 0.15) is 28.0 Å². The molecule has 0 fully saturated rings. The number of fused-ring (bicyclic) bond motifs is 12. The SMILES string of the molecule is CC1C=Cc2c(n(C3(C)CC=Cc4c3oc3ccc(-c5ccc6oc7c(C8C=CC=C(n9c%10ccccc%10c%10ccccc%109)C8)cccc7c6c5)cc43)c3ccccc23)C1. The van der Waals surface area contributed by atoms with E-state index in [-0.39, 0.29) is 11.5 Å². The van der Waals surface area contributed by atoms with Crippen LogP contribution in [0.1, 0.15) is 60.8 Å². The van der Waals surface area contributed by atoms with Crippen LogP contribution in [0.15, 0.2) is 167 Å². The molecule has 4 heteroatoms. The van der Waals surface area contributed by atoms with Crippen LogP contribution in [0, 0.1) is 5.92 Å². The van der Waals surface area contributed by atoms with Crippen molar-refractivity contribution in [1.29, 1.82) is 0 Å². The molecule has 60 heavy (non-hydrogen) atoms. The number of allylic oxidation sites excluding steroid dienone is 6. The Morgan fingerprint density at radius 3 is 2.07 bits per heavy atom. The Morgan fingerprint density at radius 2 is 1.28 bits per heavy atom. The van der Waals surface area contributed by atoms with Gasteiger partial charge < -0.3 is 18.0 Å².